The zero-order valence-electron chi connectivity index (χ0n) is 11.9. The van der Waals surface area contributed by atoms with Crippen LogP contribution in [-0.4, -0.2) is 27.3 Å². The maximum atomic E-state index is 12.0. The van der Waals surface area contributed by atoms with Gasteiger partial charge in [0.25, 0.3) is 5.91 Å². The Labute approximate surface area is 131 Å². The monoisotopic (exact) mass is 304 g/mol. The first-order valence-corrected chi connectivity index (χ1v) is 7.02. The first-order chi connectivity index (χ1) is 11.3. The van der Waals surface area contributed by atoms with Gasteiger partial charge in [-0.05, 0) is 35.9 Å². The Hall–Kier alpha value is -3.48. The molecule has 7 heteroatoms. The van der Waals surface area contributed by atoms with Crippen LogP contribution in [0.15, 0.2) is 59.2 Å². The number of benzene rings is 2. The molecule has 2 heterocycles. The maximum absolute atomic E-state index is 12.0. The summed E-state index contributed by atoms with van der Waals surface area (Å²) in [5.74, 6) is 0.169. The SMILES string of the molecule is O=C1NC(Nc2ccccc2)=N/C1=C\c1ccc2nn[nH]c2c1. The Morgan fingerprint density at radius 3 is 2.83 bits per heavy atom. The number of para-hydroxylation sites is 1. The van der Waals surface area contributed by atoms with E-state index in [0.717, 1.165) is 22.3 Å². The summed E-state index contributed by atoms with van der Waals surface area (Å²) >= 11 is 0. The number of aromatic nitrogens is 3. The lowest BCUT2D eigenvalue weighted by atomic mass is 10.1. The number of guanidine groups is 1. The van der Waals surface area contributed by atoms with Gasteiger partial charge in [0.15, 0.2) is 0 Å². The van der Waals surface area contributed by atoms with Crippen LogP contribution in [0, 0.1) is 0 Å². The predicted octanol–water partition coefficient (Wildman–Crippen LogP) is 1.90. The van der Waals surface area contributed by atoms with Crippen LogP contribution in [0.25, 0.3) is 17.1 Å². The highest BCUT2D eigenvalue weighted by Gasteiger charge is 2.20. The van der Waals surface area contributed by atoms with E-state index in [0.29, 0.717) is 11.7 Å². The first-order valence-electron chi connectivity index (χ1n) is 7.02. The van der Waals surface area contributed by atoms with Crippen molar-refractivity contribution in [1.29, 1.82) is 0 Å². The van der Waals surface area contributed by atoms with E-state index < -0.39 is 0 Å². The van der Waals surface area contributed by atoms with Crippen LogP contribution in [-0.2, 0) is 4.79 Å². The number of rotatable bonds is 2. The highest BCUT2D eigenvalue weighted by molar-refractivity contribution is 6.17. The van der Waals surface area contributed by atoms with Crippen molar-refractivity contribution in [3.63, 3.8) is 0 Å². The number of hydrogen-bond donors (Lipinski definition) is 3. The van der Waals surface area contributed by atoms with Crippen LogP contribution in [0.4, 0.5) is 5.69 Å². The number of hydrogen-bond acceptors (Lipinski definition) is 5. The third-order valence-corrected chi connectivity index (χ3v) is 3.39. The molecule has 1 aliphatic heterocycles. The number of carbonyl (C=O) groups excluding carboxylic acids is 1. The molecule has 0 aliphatic carbocycles. The Morgan fingerprint density at radius 2 is 1.96 bits per heavy atom. The van der Waals surface area contributed by atoms with Crippen molar-refractivity contribution in [1.82, 2.24) is 20.7 Å². The third kappa shape index (κ3) is 2.67. The van der Waals surface area contributed by atoms with E-state index in [4.69, 9.17) is 0 Å². The zero-order valence-corrected chi connectivity index (χ0v) is 11.9. The van der Waals surface area contributed by atoms with Crippen molar-refractivity contribution >= 4 is 34.7 Å². The predicted molar refractivity (Wildman–Crippen MR) is 87.5 cm³/mol. The van der Waals surface area contributed by atoms with Gasteiger partial charge < -0.3 is 5.32 Å². The second-order valence-corrected chi connectivity index (χ2v) is 5.02. The second-order valence-electron chi connectivity index (χ2n) is 5.02. The van der Waals surface area contributed by atoms with E-state index in [2.05, 4.69) is 31.0 Å². The lowest BCUT2D eigenvalue weighted by Crippen LogP contribution is -2.29. The summed E-state index contributed by atoms with van der Waals surface area (Å²) in [7, 11) is 0. The van der Waals surface area contributed by atoms with Crippen molar-refractivity contribution in [2.75, 3.05) is 5.32 Å². The number of anilines is 1. The molecule has 3 aromatic rings. The summed E-state index contributed by atoms with van der Waals surface area (Å²) in [5.41, 5.74) is 3.63. The Balaban J connectivity index is 1.61. The number of amides is 1. The van der Waals surface area contributed by atoms with Gasteiger partial charge in [-0.25, -0.2) is 4.99 Å². The normalized spacial score (nSPS) is 15.7. The lowest BCUT2D eigenvalue weighted by Gasteiger charge is -2.03. The highest BCUT2D eigenvalue weighted by atomic mass is 16.2. The van der Waals surface area contributed by atoms with Crippen LogP contribution in [0.2, 0.25) is 0 Å². The van der Waals surface area contributed by atoms with E-state index in [-0.39, 0.29) is 5.91 Å². The smallest absolute Gasteiger partial charge is 0.276 e. The summed E-state index contributed by atoms with van der Waals surface area (Å²) < 4.78 is 0. The summed E-state index contributed by atoms with van der Waals surface area (Å²) in [6.45, 7) is 0. The van der Waals surface area contributed by atoms with E-state index in [1.54, 1.807) is 6.08 Å². The van der Waals surface area contributed by atoms with Crippen LogP contribution in [0.5, 0.6) is 0 Å². The number of aromatic amines is 1. The molecule has 7 nitrogen and oxygen atoms in total. The molecule has 0 fully saturated rings. The molecule has 0 saturated heterocycles. The molecular formula is C16H12N6O. The van der Waals surface area contributed by atoms with E-state index in [1.165, 1.54) is 0 Å². The number of H-pyrrole nitrogens is 1. The van der Waals surface area contributed by atoms with Crippen LogP contribution in [0.3, 0.4) is 0 Å². The summed E-state index contributed by atoms with van der Waals surface area (Å²) in [6.07, 6.45) is 1.72. The van der Waals surface area contributed by atoms with Gasteiger partial charge in [-0.1, -0.05) is 29.5 Å². The molecule has 0 unspecified atom stereocenters. The molecule has 0 atom stereocenters. The topological polar surface area (TPSA) is 95.1 Å². The maximum Gasteiger partial charge on any atom is 0.276 e. The molecule has 0 saturated carbocycles. The van der Waals surface area contributed by atoms with Gasteiger partial charge in [0.05, 0.1) is 5.52 Å². The molecule has 1 amide bonds. The molecule has 0 spiro atoms. The zero-order chi connectivity index (χ0) is 15.6. The Kier molecular flexibility index (Phi) is 3.09. The molecule has 4 rings (SSSR count). The molecule has 0 radical (unpaired) electrons. The van der Waals surface area contributed by atoms with Crippen molar-refractivity contribution in [2.24, 2.45) is 4.99 Å². The fourth-order valence-electron chi connectivity index (χ4n) is 2.30. The molecule has 0 bridgehead atoms. The number of nitrogens with zero attached hydrogens (tertiary/aromatic N) is 3. The Bertz CT molecular complexity index is 941. The quantitative estimate of drug-likeness (QED) is 0.630. The van der Waals surface area contributed by atoms with Crippen LogP contribution >= 0.6 is 0 Å². The number of fused-ring (bicyclic) bond motifs is 1. The van der Waals surface area contributed by atoms with Gasteiger partial charge in [-0.2, -0.15) is 0 Å². The van der Waals surface area contributed by atoms with E-state index in [1.807, 2.05) is 48.5 Å². The fourth-order valence-corrected chi connectivity index (χ4v) is 2.30. The summed E-state index contributed by atoms with van der Waals surface area (Å²) in [5, 5.41) is 16.2. The summed E-state index contributed by atoms with van der Waals surface area (Å²) in [6, 6.07) is 15.1. The van der Waals surface area contributed by atoms with E-state index in [9.17, 15) is 4.79 Å². The van der Waals surface area contributed by atoms with Gasteiger partial charge in [0.1, 0.15) is 11.2 Å². The minimum atomic E-state index is -0.244. The highest BCUT2D eigenvalue weighted by Crippen LogP contribution is 2.16. The first kappa shape index (κ1) is 13.2. The molecule has 1 aliphatic rings. The van der Waals surface area contributed by atoms with E-state index >= 15 is 0 Å². The van der Waals surface area contributed by atoms with Crippen molar-refractivity contribution in [3.05, 3.63) is 59.8 Å². The van der Waals surface area contributed by atoms with Gasteiger partial charge in [-0.15, -0.1) is 5.10 Å². The molecule has 112 valence electrons. The summed E-state index contributed by atoms with van der Waals surface area (Å²) in [4.78, 5) is 16.3. The van der Waals surface area contributed by atoms with Crippen molar-refractivity contribution < 1.29 is 4.79 Å². The molecule has 3 N–H and O–H groups in total. The molecule has 1 aromatic heterocycles. The van der Waals surface area contributed by atoms with Gasteiger partial charge in [-0.3, -0.25) is 15.2 Å². The average Bonchev–Trinajstić information content (AvgIpc) is 3.15. The largest absolute Gasteiger partial charge is 0.326 e. The fraction of sp³-hybridized carbons (Fsp3) is 0. The molecule has 2 aromatic carbocycles. The average molecular weight is 304 g/mol. The number of carbonyl (C=O) groups is 1. The second kappa shape index (κ2) is 5.38. The van der Waals surface area contributed by atoms with Gasteiger partial charge >= 0.3 is 0 Å². The number of aliphatic imine (C=N–C) groups is 1. The molecule has 23 heavy (non-hydrogen) atoms. The van der Waals surface area contributed by atoms with Crippen LogP contribution in [0.1, 0.15) is 5.56 Å². The Morgan fingerprint density at radius 1 is 1.09 bits per heavy atom. The van der Waals surface area contributed by atoms with Crippen LogP contribution < -0.4 is 10.6 Å². The molecular weight excluding hydrogens is 292 g/mol. The van der Waals surface area contributed by atoms with Gasteiger partial charge in [0, 0.05) is 5.69 Å². The van der Waals surface area contributed by atoms with Crippen molar-refractivity contribution in [2.45, 2.75) is 0 Å². The standard InChI is InChI=1S/C16H12N6O/c23-15-14(9-10-6-7-12-13(8-10)21-22-20-12)18-16(19-15)17-11-4-2-1-3-5-11/h1-9H,(H,20,21,22)(H2,17,18,19,23)/b14-9-. The van der Waals surface area contributed by atoms with Crippen molar-refractivity contribution in [3.8, 4) is 0 Å². The minimum absolute atomic E-state index is 0.244. The third-order valence-electron chi connectivity index (χ3n) is 3.39. The number of nitrogens with one attached hydrogen (secondary N) is 3. The minimum Gasteiger partial charge on any atom is -0.326 e. The van der Waals surface area contributed by atoms with Gasteiger partial charge in [0.2, 0.25) is 5.96 Å². The lowest BCUT2D eigenvalue weighted by molar-refractivity contribution is -0.115.